The molecule has 0 aliphatic heterocycles. The first-order valence-corrected chi connectivity index (χ1v) is 6.33. The number of benzene rings is 1. The fraction of sp³-hybridized carbons (Fsp3) is 0.250. The highest BCUT2D eigenvalue weighted by molar-refractivity contribution is 9.10. The summed E-state index contributed by atoms with van der Waals surface area (Å²) < 4.78 is 11.6. The number of hydrogen-bond donors (Lipinski definition) is 1. The Morgan fingerprint density at radius 2 is 1.89 bits per heavy atom. The van der Waals surface area contributed by atoms with E-state index in [1.165, 1.54) is 7.11 Å². The van der Waals surface area contributed by atoms with Crippen molar-refractivity contribution >= 4 is 21.9 Å². The Labute approximate surface area is 119 Å². The average Bonchev–Trinajstić information content (AvgIpc) is 2.42. The molecule has 0 spiro atoms. The van der Waals surface area contributed by atoms with E-state index in [9.17, 15) is 0 Å². The molecule has 19 heavy (non-hydrogen) atoms. The molecule has 1 aromatic carbocycles. The Balaban J connectivity index is 2.29. The number of anilines is 1. The predicted octanol–water partition coefficient (Wildman–Crippen LogP) is 2.79. The molecule has 1 aromatic heterocycles. The maximum Gasteiger partial charge on any atom is 0.330 e. The van der Waals surface area contributed by atoms with Crippen LogP contribution in [0.25, 0.3) is 0 Å². The van der Waals surface area contributed by atoms with Crippen molar-refractivity contribution in [3.05, 3.63) is 28.2 Å². The molecule has 2 rings (SSSR count). The van der Waals surface area contributed by atoms with E-state index in [0.717, 1.165) is 10.0 Å². The molecule has 0 saturated heterocycles. The van der Waals surface area contributed by atoms with Gasteiger partial charge in [-0.15, -0.1) is 4.98 Å². The third-order valence-electron chi connectivity index (χ3n) is 2.34. The highest BCUT2D eigenvalue weighted by Gasteiger charge is 2.08. The average molecular weight is 325 g/mol. The summed E-state index contributed by atoms with van der Waals surface area (Å²) in [4.78, 5) is 12.1. The topological polar surface area (TPSA) is 69.2 Å². The molecule has 0 aliphatic carbocycles. The van der Waals surface area contributed by atoms with Crippen molar-refractivity contribution < 1.29 is 9.47 Å². The number of hydrogen-bond acceptors (Lipinski definition) is 6. The van der Waals surface area contributed by atoms with Crippen molar-refractivity contribution in [1.29, 1.82) is 0 Å². The summed E-state index contributed by atoms with van der Waals surface area (Å²) in [5.74, 6) is 1.03. The monoisotopic (exact) mass is 324 g/mol. The molecular formula is C12H13BrN4O2. The van der Waals surface area contributed by atoms with Gasteiger partial charge in [-0.3, -0.25) is 0 Å². The van der Waals surface area contributed by atoms with Gasteiger partial charge in [0.15, 0.2) is 0 Å². The number of ether oxygens (including phenoxy) is 2. The smallest absolute Gasteiger partial charge is 0.330 e. The Morgan fingerprint density at radius 3 is 2.53 bits per heavy atom. The summed E-state index contributed by atoms with van der Waals surface area (Å²) in [5.41, 5.74) is 1.06. The van der Waals surface area contributed by atoms with Crippen LogP contribution in [0.15, 0.2) is 22.7 Å². The van der Waals surface area contributed by atoms with Gasteiger partial charge in [-0.25, -0.2) is 0 Å². The second kappa shape index (κ2) is 5.83. The molecule has 0 atom stereocenters. The minimum Gasteiger partial charge on any atom is -0.467 e. The normalized spacial score (nSPS) is 10.1. The molecule has 2 aromatic rings. The van der Waals surface area contributed by atoms with Crippen LogP contribution in [0.1, 0.15) is 5.56 Å². The van der Waals surface area contributed by atoms with Crippen LogP contribution in [0.2, 0.25) is 0 Å². The van der Waals surface area contributed by atoms with Gasteiger partial charge in [-0.05, 0) is 30.7 Å². The third-order valence-corrected chi connectivity index (χ3v) is 3.23. The Kier molecular flexibility index (Phi) is 4.16. The number of methoxy groups -OCH3 is 1. The molecule has 0 amide bonds. The van der Waals surface area contributed by atoms with Gasteiger partial charge in [-0.1, -0.05) is 15.9 Å². The highest BCUT2D eigenvalue weighted by Crippen LogP contribution is 2.25. The largest absolute Gasteiger partial charge is 0.467 e. The zero-order valence-corrected chi connectivity index (χ0v) is 12.4. The third kappa shape index (κ3) is 3.31. The molecule has 100 valence electrons. The standard InChI is InChI=1S/C12H13BrN4O2/c1-7-6-8(4-5-9(7)13)19-12-16-10(14-2)15-11(17-12)18-3/h4-6H,1-3H3,(H,14,15,16,17). The van der Waals surface area contributed by atoms with Crippen LogP contribution in [0.3, 0.4) is 0 Å². The SMILES string of the molecule is CNc1nc(OC)nc(Oc2ccc(Br)c(C)c2)n1. The van der Waals surface area contributed by atoms with Gasteiger partial charge in [0.05, 0.1) is 7.11 Å². The quantitative estimate of drug-likeness (QED) is 0.932. The van der Waals surface area contributed by atoms with Crippen molar-refractivity contribution in [3.8, 4) is 17.8 Å². The molecule has 1 heterocycles. The summed E-state index contributed by atoms with van der Waals surface area (Å²) in [5, 5.41) is 2.82. The molecular weight excluding hydrogens is 312 g/mol. The Hall–Kier alpha value is -1.89. The molecule has 0 saturated carbocycles. The van der Waals surface area contributed by atoms with Crippen molar-refractivity contribution in [2.24, 2.45) is 0 Å². The first-order chi connectivity index (χ1) is 9.12. The van der Waals surface area contributed by atoms with Gasteiger partial charge in [-0.2, -0.15) is 9.97 Å². The summed E-state index contributed by atoms with van der Waals surface area (Å²) in [6.07, 6.45) is 0. The Bertz CT molecular complexity index is 570. The van der Waals surface area contributed by atoms with Gasteiger partial charge >= 0.3 is 12.0 Å². The number of aryl methyl sites for hydroxylation is 1. The fourth-order valence-electron chi connectivity index (χ4n) is 1.37. The Morgan fingerprint density at radius 1 is 1.16 bits per heavy atom. The van der Waals surface area contributed by atoms with Gasteiger partial charge < -0.3 is 14.8 Å². The van der Waals surface area contributed by atoms with E-state index >= 15 is 0 Å². The minimum absolute atomic E-state index is 0.179. The van der Waals surface area contributed by atoms with E-state index in [2.05, 4.69) is 36.2 Å². The summed E-state index contributed by atoms with van der Waals surface area (Å²) >= 11 is 3.43. The molecule has 0 aliphatic rings. The lowest BCUT2D eigenvalue weighted by molar-refractivity contribution is 0.360. The zero-order chi connectivity index (χ0) is 13.8. The first-order valence-electron chi connectivity index (χ1n) is 5.54. The zero-order valence-electron chi connectivity index (χ0n) is 10.8. The van der Waals surface area contributed by atoms with E-state index in [-0.39, 0.29) is 12.0 Å². The van der Waals surface area contributed by atoms with Crippen LogP contribution >= 0.6 is 15.9 Å². The molecule has 6 nitrogen and oxygen atoms in total. The summed E-state index contributed by atoms with van der Waals surface area (Å²) in [7, 11) is 3.20. The second-order valence-corrected chi connectivity index (χ2v) is 4.55. The summed E-state index contributed by atoms with van der Waals surface area (Å²) in [6, 6.07) is 5.99. The lowest BCUT2D eigenvalue weighted by Gasteiger charge is -2.08. The van der Waals surface area contributed by atoms with Crippen LogP contribution in [0, 0.1) is 6.92 Å². The van der Waals surface area contributed by atoms with Crippen LogP contribution in [0.5, 0.6) is 17.8 Å². The summed E-state index contributed by atoms with van der Waals surface area (Å²) in [6.45, 7) is 1.98. The van der Waals surface area contributed by atoms with Gasteiger partial charge in [0.2, 0.25) is 5.95 Å². The number of aromatic nitrogens is 3. The van der Waals surface area contributed by atoms with E-state index < -0.39 is 0 Å². The minimum atomic E-state index is 0.179. The maximum absolute atomic E-state index is 5.60. The second-order valence-electron chi connectivity index (χ2n) is 3.69. The van der Waals surface area contributed by atoms with Crippen molar-refractivity contribution in [2.45, 2.75) is 6.92 Å². The van der Waals surface area contributed by atoms with Crippen molar-refractivity contribution in [2.75, 3.05) is 19.5 Å². The molecule has 0 fully saturated rings. The van der Waals surface area contributed by atoms with E-state index in [0.29, 0.717) is 11.7 Å². The lowest BCUT2D eigenvalue weighted by atomic mass is 10.2. The number of nitrogens with zero attached hydrogens (tertiary/aromatic N) is 3. The predicted molar refractivity (Wildman–Crippen MR) is 74.9 cm³/mol. The van der Waals surface area contributed by atoms with Crippen molar-refractivity contribution in [3.63, 3.8) is 0 Å². The van der Waals surface area contributed by atoms with Crippen molar-refractivity contribution in [1.82, 2.24) is 15.0 Å². The van der Waals surface area contributed by atoms with Crippen LogP contribution in [0.4, 0.5) is 5.95 Å². The van der Waals surface area contributed by atoms with Gasteiger partial charge in [0.1, 0.15) is 5.75 Å². The molecule has 0 radical (unpaired) electrons. The highest BCUT2D eigenvalue weighted by atomic mass is 79.9. The molecule has 7 heteroatoms. The molecule has 0 bridgehead atoms. The molecule has 1 N–H and O–H groups in total. The number of nitrogens with one attached hydrogen (secondary N) is 1. The van der Waals surface area contributed by atoms with E-state index in [1.807, 2.05) is 25.1 Å². The van der Waals surface area contributed by atoms with Crippen LogP contribution in [-0.2, 0) is 0 Å². The van der Waals surface area contributed by atoms with E-state index in [4.69, 9.17) is 9.47 Å². The first kappa shape index (κ1) is 13.5. The maximum atomic E-state index is 5.60. The fourth-order valence-corrected chi connectivity index (χ4v) is 1.62. The van der Waals surface area contributed by atoms with Crippen LogP contribution < -0.4 is 14.8 Å². The van der Waals surface area contributed by atoms with E-state index in [1.54, 1.807) is 7.05 Å². The lowest BCUT2D eigenvalue weighted by Crippen LogP contribution is -2.03. The number of halogens is 1. The number of rotatable bonds is 4. The van der Waals surface area contributed by atoms with Gasteiger partial charge in [0, 0.05) is 11.5 Å². The van der Waals surface area contributed by atoms with Gasteiger partial charge in [0.25, 0.3) is 0 Å². The van der Waals surface area contributed by atoms with Crippen LogP contribution in [-0.4, -0.2) is 29.1 Å². The molecule has 0 unspecified atom stereocenters.